The van der Waals surface area contributed by atoms with Gasteiger partial charge in [-0.05, 0) is 25.5 Å². The summed E-state index contributed by atoms with van der Waals surface area (Å²) in [5, 5.41) is 14.0. The van der Waals surface area contributed by atoms with Crippen LogP contribution in [-0.4, -0.2) is 36.1 Å². The standard InChI is InChI=1S/C12H18N4O2/c1-15(9-10-4-2-3-7-13-10)12-6-5-11(8-14-12)16(17)18/h5-6,8,10,13H,2-4,7,9H2,1H3/t10-/m0/s1. The molecule has 1 saturated heterocycles. The second kappa shape index (κ2) is 5.77. The van der Waals surface area contributed by atoms with Crippen LogP contribution < -0.4 is 10.2 Å². The molecule has 1 atom stereocenters. The number of nitrogens with zero attached hydrogens (tertiary/aromatic N) is 3. The van der Waals surface area contributed by atoms with Gasteiger partial charge in [0.05, 0.1) is 4.92 Å². The molecule has 0 aliphatic carbocycles. The normalized spacial score (nSPS) is 19.5. The molecule has 98 valence electrons. The zero-order valence-corrected chi connectivity index (χ0v) is 10.5. The average Bonchev–Trinajstić information content (AvgIpc) is 2.40. The van der Waals surface area contributed by atoms with Gasteiger partial charge in [0.15, 0.2) is 0 Å². The summed E-state index contributed by atoms with van der Waals surface area (Å²) in [4.78, 5) is 16.3. The Labute approximate surface area is 106 Å². The third-order valence-electron chi connectivity index (χ3n) is 3.24. The number of hydrogen-bond acceptors (Lipinski definition) is 5. The van der Waals surface area contributed by atoms with E-state index in [0.717, 1.165) is 18.9 Å². The van der Waals surface area contributed by atoms with Gasteiger partial charge in [0.25, 0.3) is 5.69 Å². The summed E-state index contributed by atoms with van der Waals surface area (Å²) in [5.41, 5.74) is 0.0305. The van der Waals surface area contributed by atoms with Crippen molar-refractivity contribution in [2.24, 2.45) is 0 Å². The van der Waals surface area contributed by atoms with Crippen LogP contribution in [0.1, 0.15) is 19.3 Å². The molecule has 1 fully saturated rings. The van der Waals surface area contributed by atoms with Gasteiger partial charge in [0, 0.05) is 25.7 Å². The summed E-state index contributed by atoms with van der Waals surface area (Å²) < 4.78 is 0. The molecule has 1 aliphatic rings. The fourth-order valence-corrected chi connectivity index (χ4v) is 2.22. The molecule has 1 N–H and O–H groups in total. The Morgan fingerprint density at radius 3 is 2.94 bits per heavy atom. The zero-order valence-electron chi connectivity index (χ0n) is 10.5. The van der Waals surface area contributed by atoms with Gasteiger partial charge in [0.2, 0.25) is 0 Å². The minimum atomic E-state index is -0.431. The van der Waals surface area contributed by atoms with Gasteiger partial charge in [-0.3, -0.25) is 10.1 Å². The lowest BCUT2D eigenvalue weighted by atomic mass is 10.0. The van der Waals surface area contributed by atoms with E-state index in [-0.39, 0.29) is 5.69 Å². The Bertz CT molecular complexity index is 401. The van der Waals surface area contributed by atoms with E-state index in [1.165, 1.54) is 31.5 Å². The molecule has 0 bridgehead atoms. The number of likely N-dealkylation sites (N-methyl/N-ethyl adjacent to an activating group) is 1. The second-order valence-corrected chi connectivity index (χ2v) is 4.66. The average molecular weight is 250 g/mol. The first kappa shape index (κ1) is 12.8. The lowest BCUT2D eigenvalue weighted by molar-refractivity contribution is -0.385. The van der Waals surface area contributed by atoms with Gasteiger partial charge in [-0.2, -0.15) is 0 Å². The zero-order chi connectivity index (χ0) is 13.0. The lowest BCUT2D eigenvalue weighted by Gasteiger charge is -2.28. The molecule has 6 heteroatoms. The molecule has 2 rings (SSSR count). The molecule has 2 heterocycles. The molecule has 1 aromatic heterocycles. The number of pyridine rings is 1. The van der Waals surface area contributed by atoms with Crippen LogP contribution in [0.2, 0.25) is 0 Å². The molecule has 0 unspecified atom stereocenters. The fraction of sp³-hybridized carbons (Fsp3) is 0.583. The summed E-state index contributed by atoms with van der Waals surface area (Å²) in [7, 11) is 1.96. The van der Waals surface area contributed by atoms with E-state index in [0.29, 0.717) is 6.04 Å². The predicted octanol–water partition coefficient (Wildman–Crippen LogP) is 1.57. The van der Waals surface area contributed by atoms with Crippen LogP contribution in [-0.2, 0) is 0 Å². The first-order chi connectivity index (χ1) is 8.66. The third-order valence-corrected chi connectivity index (χ3v) is 3.24. The molecule has 0 amide bonds. The lowest BCUT2D eigenvalue weighted by Crippen LogP contribution is -2.42. The number of piperidine rings is 1. The van der Waals surface area contributed by atoms with Crippen molar-refractivity contribution in [3.63, 3.8) is 0 Å². The highest BCUT2D eigenvalue weighted by atomic mass is 16.6. The third kappa shape index (κ3) is 3.16. The number of nitrogens with one attached hydrogen (secondary N) is 1. The quantitative estimate of drug-likeness (QED) is 0.648. The Morgan fingerprint density at radius 2 is 2.39 bits per heavy atom. The maximum absolute atomic E-state index is 10.5. The van der Waals surface area contributed by atoms with E-state index >= 15 is 0 Å². The van der Waals surface area contributed by atoms with Crippen LogP contribution >= 0.6 is 0 Å². The maximum atomic E-state index is 10.5. The molecule has 1 aliphatic heterocycles. The molecule has 0 saturated carbocycles. The highest BCUT2D eigenvalue weighted by molar-refractivity contribution is 5.42. The molecule has 6 nitrogen and oxygen atoms in total. The van der Waals surface area contributed by atoms with Gasteiger partial charge in [0.1, 0.15) is 12.0 Å². The van der Waals surface area contributed by atoms with Gasteiger partial charge in [-0.25, -0.2) is 4.98 Å². The molecular weight excluding hydrogens is 232 g/mol. The Balaban J connectivity index is 1.95. The Hall–Kier alpha value is -1.69. The first-order valence-electron chi connectivity index (χ1n) is 6.22. The number of aromatic nitrogens is 1. The van der Waals surface area contributed by atoms with Crippen LogP contribution in [0.15, 0.2) is 18.3 Å². The molecule has 1 aromatic rings. The highest BCUT2D eigenvalue weighted by Gasteiger charge is 2.15. The van der Waals surface area contributed by atoms with Crippen molar-refractivity contribution in [1.29, 1.82) is 0 Å². The SMILES string of the molecule is CN(C[C@@H]1CCCCN1)c1ccc([N+](=O)[O-])cn1. The van der Waals surface area contributed by atoms with Crippen molar-refractivity contribution in [2.45, 2.75) is 25.3 Å². The minimum Gasteiger partial charge on any atom is -0.358 e. The molecule has 0 aromatic carbocycles. The van der Waals surface area contributed by atoms with Crippen molar-refractivity contribution in [3.8, 4) is 0 Å². The van der Waals surface area contributed by atoms with Crippen molar-refractivity contribution in [3.05, 3.63) is 28.4 Å². The van der Waals surface area contributed by atoms with Crippen LogP contribution in [0.4, 0.5) is 11.5 Å². The van der Waals surface area contributed by atoms with Crippen LogP contribution in [0, 0.1) is 10.1 Å². The number of rotatable bonds is 4. The topological polar surface area (TPSA) is 71.3 Å². The molecule has 18 heavy (non-hydrogen) atoms. The molecule has 0 radical (unpaired) electrons. The van der Waals surface area contributed by atoms with Gasteiger partial charge in [-0.15, -0.1) is 0 Å². The fourth-order valence-electron chi connectivity index (χ4n) is 2.22. The van der Waals surface area contributed by atoms with Crippen LogP contribution in [0.3, 0.4) is 0 Å². The van der Waals surface area contributed by atoms with E-state index in [1.54, 1.807) is 6.07 Å². The predicted molar refractivity (Wildman–Crippen MR) is 69.8 cm³/mol. The van der Waals surface area contributed by atoms with E-state index in [9.17, 15) is 10.1 Å². The van der Waals surface area contributed by atoms with Gasteiger partial charge < -0.3 is 10.2 Å². The number of nitro groups is 1. The molecule has 0 spiro atoms. The smallest absolute Gasteiger partial charge is 0.287 e. The van der Waals surface area contributed by atoms with Crippen molar-refractivity contribution in [1.82, 2.24) is 10.3 Å². The number of anilines is 1. The summed E-state index contributed by atoms with van der Waals surface area (Å²) in [5.74, 6) is 0.771. The summed E-state index contributed by atoms with van der Waals surface area (Å²) in [6.45, 7) is 1.96. The Morgan fingerprint density at radius 1 is 1.56 bits per heavy atom. The van der Waals surface area contributed by atoms with Crippen molar-refractivity contribution in [2.75, 3.05) is 25.0 Å². The van der Waals surface area contributed by atoms with Crippen molar-refractivity contribution < 1.29 is 4.92 Å². The van der Waals surface area contributed by atoms with Crippen LogP contribution in [0.5, 0.6) is 0 Å². The largest absolute Gasteiger partial charge is 0.358 e. The van der Waals surface area contributed by atoms with E-state index in [1.807, 2.05) is 11.9 Å². The van der Waals surface area contributed by atoms with E-state index in [2.05, 4.69) is 10.3 Å². The van der Waals surface area contributed by atoms with Gasteiger partial charge in [-0.1, -0.05) is 6.42 Å². The summed E-state index contributed by atoms with van der Waals surface area (Å²) >= 11 is 0. The molecular formula is C12H18N4O2. The van der Waals surface area contributed by atoms with E-state index < -0.39 is 4.92 Å². The second-order valence-electron chi connectivity index (χ2n) is 4.66. The van der Waals surface area contributed by atoms with E-state index in [4.69, 9.17) is 0 Å². The van der Waals surface area contributed by atoms with Gasteiger partial charge >= 0.3 is 0 Å². The maximum Gasteiger partial charge on any atom is 0.287 e. The summed E-state index contributed by atoms with van der Waals surface area (Å²) in [6.07, 6.45) is 4.99. The Kier molecular flexibility index (Phi) is 4.09. The highest BCUT2D eigenvalue weighted by Crippen LogP contribution is 2.16. The van der Waals surface area contributed by atoms with Crippen molar-refractivity contribution >= 4 is 11.5 Å². The number of hydrogen-bond donors (Lipinski definition) is 1. The monoisotopic (exact) mass is 250 g/mol. The minimum absolute atomic E-state index is 0.0305. The summed E-state index contributed by atoms with van der Waals surface area (Å²) in [6, 6.07) is 3.68. The van der Waals surface area contributed by atoms with Crippen LogP contribution in [0.25, 0.3) is 0 Å². The first-order valence-corrected chi connectivity index (χ1v) is 6.22.